The van der Waals surface area contributed by atoms with E-state index >= 15 is 0 Å². The van der Waals surface area contributed by atoms with E-state index in [1.807, 2.05) is 27.2 Å². The van der Waals surface area contributed by atoms with Gasteiger partial charge in [0.1, 0.15) is 13.2 Å². The van der Waals surface area contributed by atoms with Crippen LogP contribution >= 0.6 is 7.82 Å². The van der Waals surface area contributed by atoms with Crippen LogP contribution in [0.2, 0.25) is 0 Å². The number of likely N-dealkylation sites (N-methyl/N-ethyl adjacent to an activating group) is 1. The lowest BCUT2D eigenvalue weighted by molar-refractivity contribution is -0.870. The van der Waals surface area contributed by atoms with Crippen molar-refractivity contribution in [1.29, 1.82) is 0 Å². The summed E-state index contributed by atoms with van der Waals surface area (Å²) in [7, 11) is 1.56. The van der Waals surface area contributed by atoms with Crippen molar-refractivity contribution in [2.45, 2.75) is 199 Å². The van der Waals surface area contributed by atoms with Gasteiger partial charge in [-0.3, -0.25) is 13.8 Å². The Morgan fingerprint density at radius 3 is 1.54 bits per heavy atom. The number of hydrogen-bond donors (Lipinski definition) is 3. The molecule has 8 nitrogen and oxygen atoms in total. The molecule has 57 heavy (non-hydrogen) atoms. The van der Waals surface area contributed by atoms with Crippen molar-refractivity contribution in [3.8, 4) is 0 Å². The number of aliphatic hydroxyl groups excluding tert-OH is 1. The summed E-state index contributed by atoms with van der Waals surface area (Å²) in [6.07, 6.45) is 51.7. The molecule has 0 bridgehead atoms. The van der Waals surface area contributed by atoms with E-state index in [9.17, 15) is 19.4 Å². The number of nitrogens with zero attached hydrogens (tertiary/aromatic N) is 1. The number of quaternary nitrogens is 1. The lowest BCUT2D eigenvalue weighted by atomic mass is 10.0. The Balaban J connectivity index is 4.09. The SMILES string of the molecule is CC/C=C\C/C=C\C/C=C\C/C=C\CCCCCCCCCCCCCCCCC(=O)NC(COP(=O)(O)OCC[N+](C)(C)C)C(O)/C=C/CCCCCCCC. The number of unbranched alkanes of at least 4 members (excludes halogenated alkanes) is 20. The summed E-state index contributed by atoms with van der Waals surface area (Å²) in [5.74, 6) is -0.184. The average molecular weight is 822 g/mol. The van der Waals surface area contributed by atoms with Crippen molar-refractivity contribution in [3.63, 3.8) is 0 Å². The molecule has 0 saturated carbocycles. The number of hydrogen-bond acceptors (Lipinski definition) is 5. The number of phosphoric acid groups is 1. The van der Waals surface area contributed by atoms with Gasteiger partial charge in [-0.25, -0.2) is 4.57 Å². The Bertz CT molecular complexity index is 1110. The van der Waals surface area contributed by atoms with Gasteiger partial charge < -0.3 is 19.8 Å². The smallest absolute Gasteiger partial charge is 0.387 e. The summed E-state index contributed by atoms with van der Waals surface area (Å²) in [6, 6.07) is -0.845. The molecule has 3 atom stereocenters. The minimum absolute atomic E-state index is 0.0595. The summed E-state index contributed by atoms with van der Waals surface area (Å²) in [6.45, 7) is 4.65. The van der Waals surface area contributed by atoms with Gasteiger partial charge in [-0.05, 0) is 57.8 Å². The molecule has 0 aliphatic rings. The number of phosphoric ester groups is 1. The van der Waals surface area contributed by atoms with E-state index in [0.29, 0.717) is 17.4 Å². The number of amides is 1. The van der Waals surface area contributed by atoms with E-state index in [-0.39, 0.29) is 19.1 Å². The van der Waals surface area contributed by atoms with Crippen molar-refractivity contribution in [1.82, 2.24) is 5.32 Å². The van der Waals surface area contributed by atoms with Crippen molar-refractivity contribution in [2.24, 2.45) is 0 Å². The highest BCUT2D eigenvalue weighted by Gasteiger charge is 2.27. The van der Waals surface area contributed by atoms with Crippen molar-refractivity contribution in [3.05, 3.63) is 60.8 Å². The van der Waals surface area contributed by atoms with Crippen LogP contribution in [0, 0.1) is 0 Å². The van der Waals surface area contributed by atoms with Gasteiger partial charge in [0.15, 0.2) is 0 Å². The summed E-state index contributed by atoms with van der Waals surface area (Å²) >= 11 is 0. The zero-order valence-electron chi connectivity index (χ0n) is 37.6. The number of allylic oxidation sites excluding steroid dienone is 9. The predicted octanol–water partition coefficient (Wildman–Crippen LogP) is 13.0. The van der Waals surface area contributed by atoms with Crippen molar-refractivity contribution < 1.29 is 32.9 Å². The third kappa shape index (κ3) is 42.1. The maximum atomic E-state index is 12.8. The normalized spacial score (nSPS) is 14.9. The van der Waals surface area contributed by atoms with Gasteiger partial charge >= 0.3 is 7.82 Å². The topological polar surface area (TPSA) is 105 Å². The van der Waals surface area contributed by atoms with Gasteiger partial charge in [0.25, 0.3) is 0 Å². The molecule has 0 heterocycles. The Morgan fingerprint density at radius 2 is 1.05 bits per heavy atom. The number of rotatable bonds is 41. The summed E-state index contributed by atoms with van der Waals surface area (Å²) in [4.78, 5) is 23.0. The Hall–Kier alpha value is -1.80. The fraction of sp³-hybridized carbons (Fsp3) is 0.771. The van der Waals surface area contributed by atoms with Crippen LogP contribution < -0.4 is 5.32 Å². The van der Waals surface area contributed by atoms with Gasteiger partial charge in [0.2, 0.25) is 5.91 Å². The van der Waals surface area contributed by atoms with Gasteiger partial charge in [-0.1, -0.05) is 184 Å². The van der Waals surface area contributed by atoms with E-state index in [2.05, 4.69) is 67.8 Å². The summed E-state index contributed by atoms with van der Waals surface area (Å²) in [5.41, 5.74) is 0. The molecule has 9 heteroatoms. The van der Waals surface area contributed by atoms with Gasteiger partial charge in [-0.2, -0.15) is 0 Å². The highest BCUT2D eigenvalue weighted by Crippen LogP contribution is 2.43. The molecule has 332 valence electrons. The van der Waals surface area contributed by atoms with Crippen LogP contribution in [-0.2, 0) is 18.4 Å². The van der Waals surface area contributed by atoms with Crippen LogP contribution in [0.4, 0.5) is 0 Å². The minimum atomic E-state index is -4.33. The molecular formula is C48H90N2O6P+. The van der Waals surface area contributed by atoms with Crippen LogP contribution in [0.15, 0.2) is 60.8 Å². The van der Waals surface area contributed by atoms with Crippen LogP contribution in [0.25, 0.3) is 0 Å². The lowest BCUT2D eigenvalue weighted by Gasteiger charge is -2.25. The molecule has 0 aromatic carbocycles. The molecular weight excluding hydrogens is 732 g/mol. The molecule has 0 aliphatic heterocycles. The highest BCUT2D eigenvalue weighted by molar-refractivity contribution is 7.47. The Morgan fingerprint density at radius 1 is 0.614 bits per heavy atom. The molecule has 0 rings (SSSR count). The number of carbonyl (C=O) groups excluding carboxylic acids is 1. The number of aliphatic hydroxyl groups is 1. The quantitative estimate of drug-likeness (QED) is 0.0245. The van der Waals surface area contributed by atoms with E-state index < -0.39 is 20.0 Å². The van der Waals surface area contributed by atoms with E-state index in [1.54, 1.807) is 6.08 Å². The predicted molar refractivity (Wildman–Crippen MR) is 244 cm³/mol. The monoisotopic (exact) mass is 822 g/mol. The molecule has 0 spiro atoms. The maximum Gasteiger partial charge on any atom is 0.472 e. The van der Waals surface area contributed by atoms with Gasteiger partial charge in [0.05, 0.1) is 39.9 Å². The first-order valence-corrected chi connectivity index (χ1v) is 24.7. The first-order chi connectivity index (χ1) is 27.5. The Labute approximate surface area is 351 Å². The van der Waals surface area contributed by atoms with E-state index in [4.69, 9.17) is 9.05 Å². The van der Waals surface area contributed by atoms with Crippen LogP contribution in [0.3, 0.4) is 0 Å². The maximum absolute atomic E-state index is 12.8. The number of carbonyl (C=O) groups is 1. The molecule has 3 N–H and O–H groups in total. The third-order valence-corrected chi connectivity index (χ3v) is 11.0. The fourth-order valence-corrected chi connectivity index (χ4v) is 7.06. The second kappa shape index (κ2) is 39.6. The van der Waals surface area contributed by atoms with Gasteiger partial charge in [0, 0.05) is 6.42 Å². The van der Waals surface area contributed by atoms with Crippen LogP contribution in [-0.4, -0.2) is 73.4 Å². The summed E-state index contributed by atoms with van der Waals surface area (Å²) < 4.78 is 23.5. The van der Waals surface area contributed by atoms with Crippen LogP contribution in [0.5, 0.6) is 0 Å². The molecule has 0 radical (unpaired) electrons. The molecule has 0 saturated heterocycles. The van der Waals surface area contributed by atoms with E-state index in [0.717, 1.165) is 64.2 Å². The molecule has 3 unspecified atom stereocenters. The standard InChI is InChI=1S/C48H89N2O6P/c1-6-8-10-12-14-16-17-18-19-20-21-22-23-24-25-26-27-28-29-30-31-32-33-34-36-38-40-42-48(52)49-46(45-56-57(53,54)55-44-43-50(3,4)5)47(51)41-39-37-35-15-13-11-9-7-2/h8,10,14,16,18-19,21-22,39,41,46-47,51H,6-7,9,11-13,15,17,20,23-38,40,42-45H2,1-5H3,(H-,49,52,53,54)/p+1/b10-8-,16-14-,19-18-,22-21-,41-39+. The molecule has 0 aliphatic carbocycles. The van der Waals surface area contributed by atoms with E-state index in [1.165, 1.54) is 103 Å². The molecule has 0 aromatic heterocycles. The zero-order valence-corrected chi connectivity index (χ0v) is 38.5. The second-order valence-corrected chi connectivity index (χ2v) is 18.2. The van der Waals surface area contributed by atoms with Crippen molar-refractivity contribution in [2.75, 3.05) is 40.9 Å². The zero-order chi connectivity index (χ0) is 42.1. The first-order valence-electron chi connectivity index (χ1n) is 23.2. The van der Waals surface area contributed by atoms with Crippen LogP contribution in [0.1, 0.15) is 187 Å². The lowest BCUT2D eigenvalue weighted by Crippen LogP contribution is -2.45. The number of nitrogens with one attached hydrogen (secondary N) is 1. The fourth-order valence-electron chi connectivity index (χ4n) is 6.33. The minimum Gasteiger partial charge on any atom is -0.387 e. The largest absolute Gasteiger partial charge is 0.472 e. The Kier molecular flexibility index (Phi) is 38.4. The third-order valence-electron chi connectivity index (χ3n) is 9.99. The molecule has 0 fully saturated rings. The average Bonchev–Trinajstić information content (AvgIpc) is 3.16. The molecule has 1 amide bonds. The second-order valence-electron chi connectivity index (χ2n) is 16.8. The van der Waals surface area contributed by atoms with Gasteiger partial charge in [-0.15, -0.1) is 0 Å². The highest BCUT2D eigenvalue weighted by atomic mass is 31.2. The summed E-state index contributed by atoms with van der Waals surface area (Å²) in [5, 5.41) is 13.7. The van der Waals surface area contributed by atoms with Crippen molar-refractivity contribution >= 4 is 13.7 Å². The molecule has 0 aromatic rings. The first kappa shape index (κ1) is 55.2.